The number of rotatable bonds is 7. The summed E-state index contributed by atoms with van der Waals surface area (Å²) in [6.07, 6.45) is 8.53. The zero-order valence-corrected chi connectivity index (χ0v) is 11.2. The van der Waals surface area contributed by atoms with Crippen LogP contribution in [0.2, 0.25) is 0 Å². The second-order valence-corrected chi connectivity index (χ2v) is 5.19. The molecule has 0 aromatic rings. The van der Waals surface area contributed by atoms with Gasteiger partial charge in [-0.3, -0.25) is 4.90 Å². The van der Waals surface area contributed by atoms with Gasteiger partial charge in [0.1, 0.15) is 6.29 Å². The molecule has 0 saturated heterocycles. The zero-order chi connectivity index (χ0) is 12.0. The molecular formula is C14H27NO. The van der Waals surface area contributed by atoms with Gasteiger partial charge in [0.25, 0.3) is 0 Å². The SMILES string of the molecule is CCN(CC(C=O)(CC)CC)C1CCCC1. The highest BCUT2D eigenvalue weighted by Crippen LogP contribution is 2.30. The van der Waals surface area contributed by atoms with Crippen molar-refractivity contribution in [1.82, 2.24) is 4.90 Å². The summed E-state index contributed by atoms with van der Waals surface area (Å²) in [5.74, 6) is 0. The van der Waals surface area contributed by atoms with Gasteiger partial charge in [-0.25, -0.2) is 0 Å². The molecule has 0 spiro atoms. The Kier molecular flexibility index (Phi) is 5.47. The van der Waals surface area contributed by atoms with Crippen LogP contribution in [-0.4, -0.2) is 30.3 Å². The smallest absolute Gasteiger partial charge is 0.127 e. The quantitative estimate of drug-likeness (QED) is 0.620. The molecule has 16 heavy (non-hydrogen) atoms. The highest BCUT2D eigenvalue weighted by molar-refractivity contribution is 5.59. The van der Waals surface area contributed by atoms with Crippen LogP contribution in [0.4, 0.5) is 0 Å². The van der Waals surface area contributed by atoms with Crippen molar-refractivity contribution in [2.45, 2.75) is 65.3 Å². The summed E-state index contributed by atoms with van der Waals surface area (Å²) in [4.78, 5) is 13.9. The molecular weight excluding hydrogens is 198 g/mol. The van der Waals surface area contributed by atoms with Gasteiger partial charge in [0.2, 0.25) is 0 Å². The maximum atomic E-state index is 11.3. The Bertz CT molecular complexity index is 205. The van der Waals surface area contributed by atoms with Gasteiger partial charge in [-0.05, 0) is 32.2 Å². The van der Waals surface area contributed by atoms with Crippen LogP contribution in [0, 0.1) is 5.41 Å². The van der Waals surface area contributed by atoms with Crippen molar-refractivity contribution in [2.24, 2.45) is 5.41 Å². The third kappa shape index (κ3) is 3.07. The zero-order valence-electron chi connectivity index (χ0n) is 11.2. The van der Waals surface area contributed by atoms with Crippen molar-refractivity contribution >= 4 is 6.29 Å². The van der Waals surface area contributed by atoms with Gasteiger partial charge in [-0.15, -0.1) is 0 Å². The predicted molar refractivity (Wildman–Crippen MR) is 68.6 cm³/mol. The van der Waals surface area contributed by atoms with E-state index in [4.69, 9.17) is 0 Å². The second-order valence-electron chi connectivity index (χ2n) is 5.19. The molecule has 0 aromatic heterocycles. The van der Waals surface area contributed by atoms with Crippen LogP contribution in [0.25, 0.3) is 0 Å². The van der Waals surface area contributed by atoms with E-state index < -0.39 is 0 Å². The number of hydrogen-bond donors (Lipinski definition) is 0. The van der Waals surface area contributed by atoms with E-state index >= 15 is 0 Å². The summed E-state index contributed by atoms with van der Waals surface area (Å²) < 4.78 is 0. The molecule has 0 unspecified atom stereocenters. The summed E-state index contributed by atoms with van der Waals surface area (Å²) in [5, 5.41) is 0. The highest BCUT2D eigenvalue weighted by Gasteiger charge is 2.31. The Labute approximate surface area is 100 Å². The Hall–Kier alpha value is -0.370. The van der Waals surface area contributed by atoms with E-state index in [1.165, 1.54) is 32.0 Å². The lowest BCUT2D eigenvalue weighted by atomic mass is 9.83. The Balaban J connectivity index is 2.62. The maximum Gasteiger partial charge on any atom is 0.127 e. The monoisotopic (exact) mass is 225 g/mol. The lowest BCUT2D eigenvalue weighted by Gasteiger charge is -2.36. The molecule has 1 aliphatic carbocycles. The molecule has 0 radical (unpaired) electrons. The Morgan fingerprint density at radius 1 is 1.19 bits per heavy atom. The van der Waals surface area contributed by atoms with Crippen LogP contribution in [0.1, 0.15) is 59.3 Å². The van der Waals surface area contributed by atoms with Gasteiger partial charge in [0, 0.05) is 18.0 Å². The fourth-order valence-electron chi connectivity index (χ4n) is 2.85. The number of nitrogens with zero attached hydrogens (tertiary/aromatic N) is 1. The first-order valence-electron chi connectivity index (χ1n) is 6.91. The van der Waals surface area contributed by atoms with E-state index in [2.05, 4.69) is 25.7 Å². The molecule has 1 rings (SSSR count). The second kappa shape index (κ2) is 6.39. The molecule has 1 fully saturated rings. The Morgan fingerprint density at radius 2 is 1.75 bits per heavy atom. The molecule has 0 aliphatic heterocycles. The van der Waals surface area contributed by atoms with Crippen molar-refractivity contribution in [3.05, 3.63) is 0 Å². The van der Waals surface area contributed by atoms with Crippen molar-refractivity contribution in [1.29, 1.82) is 0 Å². The van der Waals surface area contributed by atoms with Crippen LogP contribution in [0.5, 0.6) is 0 Å². The minimum absolute atomic E-state index is 0.0986. The van der Waals surface area contributed by atoms with Crippen LogP contribution in [-0.2, 0) is 4.79 Å². The van der Waals surface area contributed by atoms with Crippen molar-refractivity contribution in [2.75, 3.05) is 13.1 Å². The third-order valence-electron chi connectivity index (χ3n) is 4.42. The van der Waals surface area contributed by atoms with E-state index in [0.717, 1.165) is 32.0 Å². The average Bonchev–Trinajstić information content (AvgIpc) is 2.85. The van der Waals surface area contributed by atoms with E-state index in [1.54, 1.807) is 0 Å². The maximum absolute atomic E-state index is 11.3. The number of carbonyl (C=O) groups is 1. The van der Waals surface area contributed by atoms with Gasteiger partial charge in [-0.1, -0.05) is 33.6 Å². The molecule has 0 heterocycles. The van der Waals surface area contributed by atoms with E-state index in [0.29, 0.717) is 0 Å². The summed E-state index contributed by atoms with van der Waals surface area (Å²) in [5.41, 5.74) is -0.0986. The third-order valence-corrected chi connectivity index (χ3v) is 4.42. The van der Waals surface area contributed by atoms with Crippen molar-refractivity contribution in [3.63, 3.8) is 0 Å². The molecule has 0 bridgehead atoms. The largest absolute Gasteiger partial charge is 0.303 e. The van der Waals surface area contributed by atoms with E-state index in [-0.39, 0.29) is 5.41 Å². The van der Waals surface area contributed by atoms with Crippen LogP contribution < -0.4 is 0 Å². The summed E-state index contributed by atoms with van der Waals surface area (Å²) in [6, 6.07) is 0.738. The molecule has 0 atom stereocenters. The fourth-order valence-corrected chi connectivity index (χ4v) is 2.85. The molecule has 94 valence electrons. The number of hydrogen-bond acceptors (Lipinski definition) is 2. The van der Waals surface area contributed by atoms with Crippen molar-refractivity contribution in [3.8, 4) is 0 Å². The predicted octanol–water partition coefficient (Wildman–Crippen LogP) is 3.26. The van der Waals surface area contributed by atoms with Crippen LogP contribution in [0.3, 0.4) is 0 Å². The standard InChI is InChI=1S/C14H27NO/c1-4-14(5-2,12-16)11-15(6-3)13-9-7-8-10-13/h12-13H,4-11H2,1-3H3. The summed E-state index contributed by atoms with van der Waals surface area (Å²) in [6.45, 7) is 8.55. The molecule has 2 heteroatoms. The van der Waals surface area contributed by atoms with Gasteiger partial charge in [0.15, 0.2) is 0 Å². The van der Waals surface area contributed by atoms with Crippen LogP contribution >= 0.6 is 0 Å². The van der Waals surface area contributed by atoms with Gasteiger partial charge < -0.3 is 4.79 Å². The van der Waals surface area contributed by atoms with E-state index in [1.807, 2.05) is 0 Å². The van der Waals surface area contributed by atoms with Crippen molar-refractivity contribution < 1.29 is 4.79 Å². The molecule has 1 saturated carbocycles. The minimum atomic E-state index is -0.0986. The number of carbonyl (C=O) groups excluding carboxylic acids is 1. The molecule has 2 nitrogen and oxygen atoms in total. The topological polar surface area (TPSA) is 20.3 Å². The first-order chi connectivity index (χ1) is 7.71. The minimum Gasteiger partial charge on any atom is -0.303 e. The lowest BCUT2D eigenvalue weighted by molar-refractivity contribution is -0.118. The molecule has 1 aliphatic rings. The molecule has 0 amide bonds. The first-order valence-corrected chi connectivity index (χ1v) is 6.91. The fraction of sp³-hybridized carbons (Fsp3) is 0.929. The lowest BCUT2D eigenvalue weighted by Crippen LogP contribution is -2.43. The normalized spacial score (nSPS) is 18.2. The first kappa shape index (κ1) is 13.7. The van der Waals surface area contributed by atoms with Gasteiger partial charge in [-0.2, -0.15) is 0 Å². The van der Waals surface area contributed by atoms with Crippen LogP contribution in [0.15, 0.2) is 0 Å². The molecule has 0 aromatic carbocycles. The Morgan fingerprint density at radius 3 is 2.12 bits per heavy atom. The summed E-state index contributed by atoms with van der Waals surface area (Å²) in [7, 11) is 0. The van der Waals surface area contributed by atoms with Gasteiger partial charge in [0.05, 0.1) is 0 Å². The highest BCUT2D eigenvalue weighted by atomic mass is 16.1. The summed E-state index contributed by atoms with van der Waals surface area (Å²) >= 11 is 0. The average molecular weight is 225 g/mol. The van der Waals surface area contributed by atoms with Gasteiger partial charge >= 0.3 is 0 Å². The number of aldehydes is 1. The van der Waals surface area contributed by atoms with E-state index in [9.17, 15) is 4.79 Å². The molecule has 0 N–H and O–H groups in total.